The van der Waals surface area contributed by atoms with Crippen LogP contribution < -0.4 is 5.32 Å². The predicted molar refractivity (Wildman–Crippen MR) is 87.8 cm³/mol. The van der Waals surface area contributed by atoms with E-state index in [9.17, 15) is 14.7 Å². The van der Waals surface area contributed by atoms with Crippen molar-refractivity contribution in [3.63, 3.8) is 0 Å². The number of carboxylic acid groups (broad SMARTS) is 1. The van der Waals surface area contributed by atoms with Gasteiger partial charge in [0.15, 0.2) is 0 Å². The molecule has 6 heteroatoms. The molecule has 1 aliphatic rings. The quantitative estimate of drug-likeness (QED) is 0.804. The fraction of sp³-hybridized carbons (Fsp3) is 0.125. The van der Waals surface area contributed by atoms with Crippen LogP contribution in [-0.2, 0) is 4.79 Å². The molecule has 22 heavy (non-hydrogen) atoms. The molecule has 112 valence electrons. The molecule has 0 atom stereocenters. The van der Waals surface area contributed by atoms with E-state index in [0.717, 1.165) is 15.7 Å². The molecule has 1 amide bonds. The van der Waals surface area contributed by atoms with Crippen LogP contribution in [0.3, 0.4) is 0 Å². The fourth-order valence-electron chi connectivity index (χ4n) is 2.67. The Balaban J connectivity index is 2.15. The molecular weight excluding hydrogens is 348 g/mol. The van der Waals surface area contributed by atoms with Gasteiger partial charge in [0.2, 0.25) is 0 Å². The zero-order chi connectivity index (χ0) is 16.0. The minimum absolute atomic E-state index is 0.198. The van der Waals surface area contributed by atoms with Crippen molar-refractivity contribution in [2.24, 2.45) is 0 Å². The topological polar surface area (TPSA) is 71.3 Å². The number of anilines is 1. The van der Waals surface area contributed by atoms with Crippen molar-refractivity contribution in [1.82, 2.24) is 4.57 Å². The maximum absolute atomic E-state index is 12.2. The van der Waals surface area contributed by atoms with Crippen molar-refractivity contribution in [3.05, 3.63) is 51.3 Å². The van der Waals surface area contributed by atoms with Gasteiger partial charge < -0.3 is 15.0 Å². The summed E-state index contributed by atoms with van der Waals surface area (Å²) in [5.41, 5.74) is 3.57. The number of carboxylic acids is 1. The minimum Gasteiger partial charge on any atom is -0.478 e. The number of halogens is 1. The average molecular weight is 361 g/mol. The average Bonchev–Trinajstić information content (AvgIpc) is 2.88. The molecule has 0 aliphatic carbocycles. The number of aryl methyl sites for hydroxylation is 1. The molecule has 1 aliphatic heterocycles. The van der Waals surface area contributed by atoms with Crippen LogP contribution in [0.4, 0.5) is 5.69 Å². The van der Waals surface area contributed by atoms with Crippen molar-refractivity contribution in [2.75, 3.05) is 5.32 Å². The van der Waals surface area contributed by atoms with Gasteiger partial charge in [-0.1, -0.05) is 15.9 Å². The van der Waals surface area contributed by atoms with Crippen molar-refractivity contribution < 1.29 is 14.7 Å². The van der Waals surface area contributed by atoms with Gasteiger partial charge in [0, 0.05) is 33.8 Å². The van der Waals surface area contributed by atoms with Crippen molar-refractivity contribution >= 4 is 45.3 Å². The number of carbonyl (C=O) groups excluding carboxylic acids is 1. The third kappa shape index (κ3) is 2.25. The van der Waals surface area contributed by atoms with Crippen LogP contribution in [0.25, 0.3) is 11.8 Å². The first-order valence-electron chi connectivity index (χ1n) is 6.63. The van der Waals surface area contributed by atoms with Gasteiger partial charge in [-0.25, -0.2) is 4.79 Å². The molecule has 2 N–H and O–H groups in total. The number of hydrogen-bond acceptors (Lipinski definition) is 2. The Morgan fingerprint density at radius 2 is 2.09 bits per heavy atom. The van der Waals surface area contributed by atoms with Crippen LogP contribution in [0.15, 0.2) is 28.9 Å². The van der Waals surface area contributed by atoms with E-state index in [0.29, 0.717) is 16.8 Å². The highest BCUT2D eigenvalue weighted by atomic mass is 79.9. The molecule has 0 unspecified atom stereocenters. The van der Waals surface area contributed by atoms with Gasteiger partial charge in [-0.2, -0.15) is 0 Å². The number of hydrogen-bond donors (Lipinski definition) is 2. The van der Waals surface area contributed by atoms with Gasteiger partial charge in [-0.3, -0.25) is 4.79 Å². The summed E-state index contributed by atoms with van der Waals surface area (Å²) in [6.07, 6.45) is 3.39. The van der Waals surface area contributed by atoms with E-state index in [4.69, 9.17) is 0 Å². The third-order valence-electron chi connectivity index (χ3n) is 3.72. The van der Waals surface area contributed by atoms with Crippen LogP contribution in [-0.4, -0.2) is 21.6 Å². The normalized spacial score (nSPS) is 15.0. The lowest BCUT2D eigenvalue weighted by atomic mass is 10.1. The van der Waals surface area contributed by atoms with Crippen molar-refractivity contribution in [2.45, 2.75) is 13.8 Å². The maximum Gasteiger partial charge on any atom is 0.337 e. The van der Waals surface area contributed by atoms with E-state index in [-0.39, 0.29) is 11.5 Å². The molecule has 2 aromatic rings. The number of nitrogens with zero attached hydrogens (tertiary/aromatic N) is 1. The summed E-state index contributed by atoms with van der Waals surface area (Å²) in [6.45, 7) is 3.47. The summed E-state index contributed by atoms with van der Waals surface area (Å²) in [4.78, 5) is 23.4. The predicted octanol–water partition coefficient (Wildman–Crippen LogP) is 3.52. The lowest BCUT2D eigenvalue weighted by Crippen LogP contribution is -2.05. The summed E-state index contributed by atoms with van der Waals surface area (Å²) in [5.74, 6) is -1.16. The Morgan fingerprint density at radius 3 is 2.73 bits per heavy atom. The number of aromatic carboxylic acids is 1. The monoisotopic (exact) mass is 360 g/mol. The van der Waals surface area contributed by atoms with Gasteiger partial charge >= 0.3 is 5.97 Å². The molecule has 0 fully saturated rings. The molecule has 0 saturated carbocycles. The molecule has 3 rings (SSSR count). The Morgan fingerprint density at radius 1 is 1.36 bits per heavy atom. The van der Waals surface area contributed by atoms with E-state index in [1.165, 1.54) is 0 Å². The molecule has 2 heterocycles. The number of benzene rings is 1. The summed E-state index contributed by atoms with van der Waals surface area (Å²) in [7, 11) is 0. The van der Waals surface area contributed by atoms with Crippen LogP contribution in [0, 0.1) is 13.8 Å². The van der Waals surface area contributed by atoms with Crippen LogP contribution in [0.5, 0.6) is 0 Å². The first kappa shape index (κ1) is 14.6. The molecule has 0 saturated heterocycles. The highest BCUT2D eigenvalue weighted by Gasteiger charge is 2.25. The second-order valence-corrected chi connectivity index (χ2v) is 6.09. The van der Waals surface area contributed by atoms with E-state index in [1.807, 2.05) is 18.2 Å². The third-order valence-corrected chi connectivity index (χ3v) is 4.22. The lowest BCUT2D eigenvalue weighted by Gasteiger charge is -2.03. The number of aromatic nitrogens is 1. The van der Waals surface area contributed by atoms with E-state index in [1.54, 1.807) is 30.8 Å². The SMILES string of the molecule is Cc1cn(/C=C2\C(=O)Nc3ccc(Br)cc32)c(C)c1C(=O)O. The molecule has 1 aromatic heterocycles. The molecule has 5 nitrogen and oxygen atoms in total. The van der Waals surface area contributed by atoms with Crippen molar-refractivity contribution in [3.8, 4) is 0 Å². The molecule has 0 radical (unpaired) electrons. The highest BCUT2D eigenvalue weighted by molar-refractivity contribution is 9.10. The van der Waals surface area contributed by atoms with Crippen LogP contribution in [0.2, 0.25) is 0 Å². The van der Waals surface area contributed by atoms with Crippen LogP contribution >= 0.6 is 15.9 Å². The van der Waals surface area contributed by atoms with E-state index >= 15 is 0 Å². The first-order chi connectivity index (χ1) is 10.4. The molecule has 1 aromatic carbocycles. The largest absolute Gasteiger partial charge is 0.478 e. The van der Waals surface area contributed by atoms with E-state index < -0.39 is 5.97 Å². The second-order valence-electron chi connectivity index (χ2n) is 5.17. The lowest BCUT2D eigenvalue weighted by molar-refractivity contribution is -0.110. The molecular formula is C16H13BrN2O3. The smallest absolute Gasteiger partial charge is 0.337 e. The van der Waals surface area contributed by atoms with Gasteiger partial charge in [0.25, 0.3) is 5.91 Å². The second kappa shape index (κ2) is 5.14. The van der Waals surface area contributed by atoms with Gasteiger partial charge in [-0.05, 0) is 37.6 Å². The Labute approximate surface area is 135 Å². The maximum atomic E-state index is 12.2. The highest BCUT2D eigenvalue weighted by Crippen LogP contribution is 2.34. The first-order valence-corrected chi connectivity index (χ1v) is 7.42. The summed E-state index contributed by atoms with van der Waals surface area (Å²) < 4.78 is 2.56. The summed E-state index contributed by atoms with van der Waals surface area (Å²) >= 11 is 3.40. The molecule has 0 spiro atoms. The van der Waals surface area contributed by atoms with Crippen LogP contribution in [0.1, 0.15) is 27.2 Å². The summed E-state index contributed by atoms with van der Waals surface area (Å²) in [5, 5.41) is 12.0. The number of rotatable bonds is 2. The van der Waals surface area contributed by atoms with Gasteiger partial charge in [0.05, 0.1) is 11.1 Å². The van der Waals surface area contributed by atoms with E-state index in [2.05, 4.69) is 21.2 Å². The van der Waals surface area contributed by atoms with Gasteiger partial charge in [-0.15, -0.1) is 0 Å². The zero-order valence-electron chi connectivity index (χ0n) is 12.0. The number of carbonyl (C=O) groups is 2. The van der Waals surface area contributed by atoms with Gasteiger partial charge in [0.1, 0.15) is 0 Å². The fourth-order valence-corrected chi connectivity index (χ4v) is 3.03. The zero-order valence-corrected chi connectivity index (χ0v) is 13.6. The summed E-state index contributed by atoms with van der Waals surface area (Å²) in [6, 6.07) is 5.55. The molecule has 0 bridgehead atoms. The number of fused-ring (bicyclic) bond motifs is 1. The Kier molecular flexibility index (Phi) is 3.41. The standard InChI is InChI=1S/C16H13BrN2O3/c1-8-6-19(9(2)14(8)16(21)22)7-12-11-5-10(17)3-4-13(11)18-15(12)20/h3-7H,1-2H3,(H,18,20)(H,21,22)/b12-7-. The Hall–Kier alpha value is -2.34. The van der Waals surface area contributed by atoms with Crippen molar-refractivity contribution in [1.29, 1.82) is 0 Å². The minimum atomic E-state index is -0.967. The number of amides is 1. The number of nitrogens with one attached hydrogen (secondary N) is 1. The Bertz CT molecular complexity index is 849.